The maximum Gasteiger partial charge on any atom is 0.263 e. The van der Waals surface area contributed by atoms with Crippen LogP contribution in [0.2, 0.25) is 0 Å². The minimum atomic E-state index is -0.214. The molecule has 0 bridgehead atoms. The van der Waals surface area contributed by atoms with Crippen molar-refractivity contribution < 1.29 is 4.79 Å². The van der Waals surface area contributed by atoms with E-state index in [0.717, 1.165) is 25.9 Å². The van der Waals surface area contributed by atoms with Gasteiger partial charge in [0, 0.05) is 31.7 Å². The van der Waals surface area contributed by atoms with Crippen LogP contribution in [0.4, 0.5) is 0 Å². The molecule has 0 unspecified atom stereocenters. The molecule has 4 nitrogen and oxygen atoms in total. The van der Waals surface area contributed by atoms with Crippen molar-refractivity contribution in [2.24, 2.45) is 12.5 Å². The van der Waals surface area contributed by atoms with E-state index >= 15 is 0 Å². The van der Waals surface area contributed by atoms with Gasteiger partial charge in [0.2, 0.25) is 0 Å². The quantitative estimate of drug-likeness (QED) is 0.855. The molecular formula is C19H20N2O2. The Kier molecular flexibility index (Phi) is 3.15. The Morgan fingerprint density at radius 3 is 2.48 bits per heavy atom. The van der Waals surface area contributed by atoms with Gasteiger partial charge in [0.05, 0.1) is 0 Å². The van der Waals surface area contributed by atoms with Crippen molar-refractivity contribution in [1.29, 1.82) is 0 Å². The summed E-state index contributed by atoms with van der Waals surface area (Å²) >= 11 is 0. The van der Waals surface area contributed by atoms with Gasteiger partial charge < -0.3 is 9.47 Å². The number of hydrogen-bond donors (Lipinski definition) is 0. The van der Waals surface area contributed by atoms with E-state index in [1.807, 2.05) is 11.0 Å². The summed E-state index contributed by atoms with van der Waals surface area (Å²) < 4.78 is 1.46. The van der Waals surface area contributed by atoms with Crippen LogP contribution in [0.3, 0.4) is 0 Å². The second-order valence-corrected chi connectivity index (χ2v) is 7.01. The molecule has 1 saturated carbocycles. The normalized spacial score (nSPS) is 19.3. The number of likely N-dealkylation sites (tertiary alicyclic amines) is 1. The maximum absolute atomic E-state index is 12.5. The smallest absolute Gasteiger partial charge is 0.263 e. The van der Waals surface area contributed by atoms with Crippen LogP contribution in [0.15, 0.2) is 53.5 Å². The summed E-state index contributed by atoms with van der Waals surface area (Å²) in [7, 11) is 1.67. The van der Waals surface area contributed by atoms with Crippen LogP contribution < -0.4 is 5.56 Å². The Hall–Kier alpha value is -2.36. The van der Waals surface area contributed by atoms with Crippen LogP contribution in [0, 0.1) is 5.41 Å². The molecule has 2 heterocycles. The van der Waals surface area contributed by atoms with E-state index in [0.29, 0.717) is 5.92 Å². The summed E-state index contributed by atoms with van der Waals surface area (Å²) in [5.74, 6) is 0.498. The standard InChI is InChI=1S/C19H20N2O2/c1-20-9-5-8-16(17(20)22)18(23)21-12-19(13-21)10-15(11-19)14-6-3-2-4-7-14/h2-9,15H,10-13H2,1H3. The molecule has 2 fully saturated rings. The highest BCUT2D eigenvalue weighted by Crippen LogP contribution is 2.56. The number of aromatic nitrogens is 1. The minimum absolute atomic E-state index is 0.125. The highest BCUT2D eigenvalue weighted by Gasteiger charge is 2.53. The molecule has 1 aromatic carbocycles. The van der Waals surface area contributed by atoms with Gasteiger partial charge in [0.25, 0.3) is 11.5 Å². The largest absolute Gasteiger partial charge is 0.337 e. The summed E-state index contributed by atoms with van der Waals surface area (Å²) in [4.78, 5) is 26.4. The Morgan fingerprint density at radius 2 is 1.78 bits per heavy atom. The summed E-state index contributed by atoms with van der Waals surface area (Å²) in [5.41, 5.74) is 1.76. The zero-order valence-electron chi connectivity index (χ0n) is 13.2. The van der Waals surface area contributed by atoms with E-state index in [2.05, 4.69) is 24.3 Å². The van der Waals surface area contributed by atoms with E-state index in [4.69, 9.17) is 0 Å². The van der Waals surface area contributed by atoms with Gasteiger partial charge in [-0.05, 0) is 36.5 Å². The number of aryl methyl sites for hydroxylation is 1. The van der Waals surface area contributed by atoms with Crippen molar-refractivity contribution in [3.8, 4) is 0 Å². The predicted octanol–water partition coefficient (Wildman–Crippen LogP) is 2.41. The highest BCUT2D eigenvalue weighted by molar-refractivity contribution is 5.94. The molecule has 1 aliphatic carbocycles. The molecule has 2 aliphatic rings. The molecule has 2 aromatic rings. The number of amides is 1. The Balaban J connectivity index is 1.40. The molecule has 0 atom stereocenters. The fourth-order valence-electron chi connectivity index (χ4n) is 4.04. The van der Waals surface area contributed by atoms with Gasteiger partial charge in [-0.2, -0.15) is 0 Å². The molecule has 1 amide bonds. The fourth-order valence-corrected chi connectivity index (χ4v) is 4.04. The van der Waals surface area contributed by atoms with Gasteiger partial charge in [0.15, 0.2) is 0 Å². The van der Waals surface area contributed by atoms with E-state index in [-0.39, 0.29) is 22.4 Å². The Bertz CT molecular complexity index is 796. The van der Waals surface area contributed by atoms with Crippen LogP contribution in [-0.4, -0.2) is 28.5 Å². The van der Waals surface area contributed by atoms with E-state index in [9.17, 15) is 9.59 Å². The molecule has 1 spiro atoms. The molecule has 4 rings (SSSR count). The molecule has 0 radical (unpaired) electrons. The summed E-state index contributed by atoms with van der Waals surface area (Å²) in [6, 6.07) is 14.0. The van der Waals surface area contributed by atoms with Gasteiger partial charge in [0.1, 0.15) is 5.56 Å². The van der Waals surface area contributed by atoms with E-state index < -0.39 is 0 Å². The lowest BCUT2D eigenvalue weighted by molar-refractivity contribution is -0.0554. The first-order valence-corrected chi connectivity index (χ1v) is 8.08. The number of benzene rings is 1. The van der Waals surface area contributed by atoms with Crippen LogP contribution in [0.5, 0.6) is 0 Å². The Labute approximate surface area is 135 Å². The van der Waals surface area contributed by atoms with Crippen molar-refractivity contribution in [1.82, 2.24) is 9.47 Å². The molecule has 4 heteroatoms. The monoisotopic (exact) mass is 308 g/mol. The fraction of sp³-hybridized carbons (Fsp3) is 0.368. The first-order valence-electron chi connectivity index (χ1n) is 8.08. The lowest BCUT2D eigenvalue weighted by Gasteiger charge is -2.59. The van der Waals surface area contributed by atoms with Gasteiger partial charge in [-0.3, -0.25) is 9.59 Å². The third-order valence-corrected chi connectivity index (χ3v) is 5.32. The SMILES string of the molecule is Cn1cccc(C(=O)N2CC3(CC(c4ccccc4)C3)C2)c1=O. The lowest BCUT2D eigenvalue weighted by atomic mass is 9.56. The van der Waals surface area contributed by atoms with E-state index in [1.54, 1.807) is 25.4 Å². The predicted molar refractivity (Wildman–Crippen MR) is 88.4 cm³/mol. The van der Waals surface area contributed by atoms with Gasteiger partial charge in [-0.15, -0.1) is 0 Å². The maximum atomic E-state index is 12.5. The minimum Gasteiger partial charge on any atom is -0.337 e. The third kappa shape index (κ3) is 2.29. The molecule has 1 saturated heterocycles. The van der Waals surface area contributed by atoms with Crippen molar-refractivity contribution in [2.45, 2.75) is 18.8 Å². The van der Waals surface area contributed by atoms with Crippen molar-refractivity contribution >= 4 is 5.91 Å². The van der Waals surface area contributed by atoms with Crippen LogP contribution in [-0.2, 0) is 7.05 Å². The molecule has 118 valence electrons. The van der Waals surface area contributed by atoms with Gasteiger partial charge in [-0.1, -0.05) is 30.3 Å². The number of carbonyl (C=O) groups excluding carboxylic acids is 1. The number of nitrogens with zero attached hydrogens (tertiary/aromatic N) is 2. The third-order valence-electron chi connectivity index (χ3n) is 5.32. The zero-order valence-corrected chi connectivity index (χ0v) is 13.2. The van der Waals surface area contributed by atoms with Crippen LogP contribution in [0.1, 0.15) is 34.7 Å². The van der Waals surface area contributed by atoms with Crippen molar-refractivity contribution in [2.75, 3.05) is 13.1 Å². The first-order chi connectivity index (χ1) is 11.1. The summed E-state index contributed by atoms with van der Waals surface area (Å²) in [6.07, 6.45) is 3.97. The topological polar surface area (TPSA) is 42.3 Å². The Morgan fingerprint density at radius 1 is 1.09 bits per heavy atom. The number of carbonyl (C=O) groups is 1. The van der Waals surface area contributed by atoms with Gasteiger partial charge >= 0.3 is 0 Å². The number of rotatable bonds is 2. The highest BCUT2D eigenvalue weighted by atomic mass is 16.2. The zero-order chi connectivity index (χ0) is 16.0. The average Bonchev–Trinajstić information content (AvgIpc) is 2.48. The second kappa shape index (κ2) is 5.08. The van der Waals surface area contributed by atoms with Crippen molar-refractivity contribution in [3.63, 3.8) is 0 Å². The molecular weight excluding hydrogens is 288 g/mol. The van der Waals surface area contributed by atoms with Crippen LogP contribution >= 0.6 is 0 Å². The first kappa shape index (κ1) is 14.2. The number of pyridine rings is 1. The van der Waals surface area contributed by atoms with Gasteiger partial charge in [-0.25, -0.2) is 0 Å². The van der Waals surface area contributed by atoms with Crippen LogP contribution in [0.25, 0.3) is 0 Å². The average molecular weight is 308 g/mol. The lowest BCUT2D eigenvalue weighted by Crippen LogP contribution is -2.63. The molecule has 1 aliphatic heterocycles. The second-order valence-electron chi connectivity index (χ2n) is 7.01. The molecule has 23 heavy (non-hydrogen) atoms. The van der Waals surface area contributed by atoms with E-state index in [1.165, 1.54) is 10.1 Å². The van der Waals surface area contributed by atoms with Crippen molar-refractivity contribution in [3.05, 3.63) is 70.1 Å². The summed E-state index contributed by atoms with van der Waals surface area (Å²) in [6.45, 7) is 1.57. The molecule has 1 aromatic heterocycles. The summed E-state index contributed by atoms with van der Waals surface area (Å²) in [5, 5.41) is 0. The number of hydrogen-bond acceptors (Lipinski definition) is 2. The molecule has 0 N–H and O–H groups in total.